The Bertz CT molecular complexity index is 986. The molecule has 1 aliphatic heterocycles. The van der Waals surface area contributed by atoms with E-state index in [0.717, 1.165) is 29.0 Å². The number of benzene rings is 2. The molecule has 0 radical (unpaired) electrons. The van der Waals surface area contributed by atoms with Crippen LogP contribution in [0.5, 0.6) is 5.88 Å². The van der Waals surface area contributed by atoms with Crippen molar-refractivity contribution in [2.24, 2.45) is 0 Å². The lowest BCUT2D eigenvalue weighted by atomic mass is 10.1. The molecule has 4 rings (SSSR count). The third-order valence-corrected chi connectivity index (χ3v) is 5.80. The van der Waals surface area contributed by atoms with Crippen molar-refractivity contribution < 1.29 is 4.74 Å². The highest BCUT2D eigenvalue weighted by molar-refractivity contribution is 7.99. The van der Waals surface area contributed by atoms with Crippen LogP contribution in [0.4, 0.5) is 5.69 Å². The Balaban J connectivity index is 1.79. The molecule has 2 aromatic carbocycles. The summed E-state index contributed by atoms with van der Waals surface area (Å²) in [5, 5.41) is 13.6. The maximum absolute atomic E-state index is 6.20. The number of hydrogen-bond donors (Lipinski definition) is 1. The predicted molar refractivity (Wildman–Crippen MR) is 110 cm³/mol. The van der Waals surface area contributed by atoms with Gasteiger partial charge in [-0.3, -0.25) is 0 Å². The summed E-state index contributed by atoms with van der Waals surface area (Å²) in [4.78, 5) is 4.59. The molecule has 0 fully saturated rings. The van der Waals surface area contributed by atoms with Gasteiger partial charge in [0.15, 0.2) is 11.9 Å². The molecule has 0 aliphatic carbocycles. The van der Waals surface area contributed by atoms with Crippen molar-refractivity contribution in [3.8, 4) is 17.1 Å². The van der Waals surface area contributed by atoms with Gasteiger partial charge in [-0.1, -0.05) is 66.2 Å². The van der Waals surface area contributed by atoms with Crippen LogP contribution in [0.3, 0.4) is 0 Å². The van der Waals surface area contributed by atoms with Crippen molar-refractivity contribution >= 4 is 40.7 Å². The molecule has 1 aliphatic rings. The van der Waals surface area contributed by atoms with E-state index in [1.807, 2.05) is 30.3 Å². The highest BCUT2D eigenvalue weighted by Crippen LogP contribution is 2.40. The third-order valence-electron chi connectivity index (χ3n) is 4.02. The first kappa shape index (κ1) is 18.3. The number of ether oxygens (including phenoxy) is 1. The summed E-state index contributed by atoms with van der Waals surface area (Å²) in [5.41, 5.74) is 3.23. The SMILES string of the molecule is CCCSc1nnc2c(n1)OC(c1ccc(Cl)c(Cl)c1)Nc1ccccc1-2. The number of para-hydroxylation sites is 1. The van der Waals surface area contributed by atoms with Crippen LogP contribution in [0.2, 0.25) is 10.0 Å². The first-order valence-corrected chi connectivity index (χ1v) is 10.2. The van der Waals surface area contributed by atoms with Gasteiger partial charge >= 0.3 is 0 Å². The van der Waals surface area contributed by atoms with Gasteiger partial charge in [0.2, 0.25) is 11.0 Å². The standard InChI is InChI=1S/C19H16Cl2N4OS/c1-2-9-27-19-23-18-16(24-25-19)12-5-3-4-6-15(12)22-17(26-18)11-7-8-13(20)14(21)10-11/h3-8,10,17,22H,2,9H2,1H3. The highest BCUT2D eigenvalue weighted by Gasteiger charge is 2.26. The molecule has 0 saturated carbocycles. The molecule has 2 heterocycles. The molecule has 5 nitrogen and oxygen atoms in total. The quantitative estimate of drug-likeness (QED) is 0.536. The fourth-order valence-corrected chi connectivity index (χ4v) is 3.67. The largest absolute Gasteiger partial charge is 0.448 e. The Hall–Kier alpha value is -2.02. The summed E-state index contributed by atoms with van der Waals surface area (Å²) >= 11 is 13.8. The minimum atomic E-state index is -0.483. The molecule has 1 atom stereocenters. The number of anilines is 1. The molecule has 0 bridgehead atoms. The minimum absolute atomic E-state index is 0.442. The van der Waals surface area contributed by atoms with Crippen LogP contribution < -0.4 is 10.1 Å². The van der Waals surface area contributed by atoms with Crippen LogP contribution in [-0.2, 0) is 0 Å². The number of fused-ring (bicyclic) bond motifs is 3. The molecule has 1 unspecified atom stereocenters. The van der Waals surface area contributed by atoms with Crippen LogP contribution in [-0.4, -0.2) is 20.9 Å². The van der Waals surface area contributed by atoms with Gasteiger partial charge < -0.3 is 10.1 Å². The molecule has 1 aromatic heterocycles. The van der Waals surface area contributed by atoms with Crippen LogP contribution in [0.25, 0.3) is 11.3 Å². The second-order valence-electron chi connectivity index (χ2n) is 5.96. The average Bonchev–Trinajstić information content (AvgIpc) is 2.85. The van der Waals surface area contributed by atoms with Gasteiger partial charge in [0, 0.05) is 22.6 Å². The van der Waals surface area contributed by atoms with Crippen LogP contribution in [0, 0.1) is 0 Å². The molecule has 0 amide bonds. The van der Waals surface area contributed by atoms with Gasteiger partial charge in [0.1, 0.15) is 0 Å². The Morgan fingerprint density at radius 3 is 2.78 bits per heavy atom. The van der Waals surface area contributed by atoms with Crippen molar-refractivity contribution in [2.45, 2.75) is 24.7 Å². The summed E-state index contributed by atoms with van der Waals surface area (Å²) in [6.07, 6.45) is 0.547. The summed E-state index contributed by atoms with van der Waals surface area (Å²) in [7, 11) is 0. The van der Waals surface area contributed by atoms with Crippen molar-refractivity contribution in [3.05, 3.63) is 58.1 Å². The summed E-state index contributed by atoms with van der Waals surface area (Å²) in [6.45, 7) is 2.11. The Kier molecular flexibility index (Phi) is 5.38. The Labute approximate surface area is 171 Å². The Morgan fingerprint density at radius 2 is 1.96 bits per heavy atom. The van der Waals surface area contributed by atoms with E-state index in [2.05, 4.69) is 27.4 Å². The van der Waals surface area contributed by atoms with E-state index in [0.29, 0.717) is 26.8 Å². The van der Waals surface area contributed by atoms with E-state index in [-0.39, 0.29) is 0 Å². The molecule has 8 heteroatoms. The van der Waals surface area contributed by atoms with Gasteiger partial charge in [-0.05, 0) is 24.6 Å². The second-order valence-corrected chi connectivity index (χ2v) is 7.83. The number of halogens is 2. The number of nitrogens with one attached hydrogen (secondary N) is 1. The summed E-state index contributed by atoms with van der Waals surface area (Å²) in [6, 6.07) is 13.3. The van der Waals surface area contributed by atoms with E-state index in [1.165, 1.54) is 0 Å². The second kappa shape index (κ2) is 7.92. The lowest BCUT2D eigenvalue weighted by molar-refractivity contribution is 0.225. The first-order valence-electron chi connectivity index (χ1n) is 8.50. The van der Waals surface area contributed by atoms with Crippen LogP contribution in [0.1, 0.15) is 25.1 Å². The zero-order valence-electron chi connectivity index (χ0n) is 14.4. The smallest absolute Gasteiger partial charge is 0.247 e. The number of thioether (sulfide) groups is 1. The van der Waals surface area contributed by atoms with Gasteiger partial charge in [-0.25, -0.2) is 0 Å². The summed E-state index contributed by atoms with van der Waals surface area (Å²) in [5.74, 6) is 1.36. The molecular formula is C19H16Cl2N4OS. The Morgan fingerprint density at radius 1 is 1.11 bits per heavy atom. The van der Waals surface area contributed by atoms with Crippen molar-refractivity contribution in [1.82, 2.24) is 15.2 Å². The zero-order valence-corrected chi connectivity index (χ0v) is 16.8. The monoisotopic (exact) mass is 418 g/mol. The molecule has 0 spiro atoms. The average molecular weight is 419 g/mol. The van der Waals surface area contributed by atoms with Crippen LogP contribution >= 0.6 is 35.0 Å². The van der Waals surface area contributed by atoms with E-state index >= 15 is 0 Å². The minimum Gasteiger partial charge on any atom is -0.448 e. The van der Waals surface area contributed by atoms with Crippen LogP contribution in [0.15, 0.2) is 47.6 Å². The topological polar surface area (TPSA) is 59.9 Å². The van der Waals surface area contributed by atoms with E-state index in [1.54, 1.807) is 23.9 Å². The third kappa shape index (κ3) is 3.83. The first-order chi connectivity index (χ1) is 13.2. The van der Waals surface area contributed by atoms with Gasteiger partial charge in [-0.15, -0.1) is 10.2 Å². The maximum atomic E-state index is 6.20. The zero-order chi connectivity index (χ0) is 18.8. The maximum Gasteiger partial charge on any atom is 0.247 e. The van der Waals surface area contributed by atoms with Crippen molar-refractivity contribution in [1.29, 1.82) is 0 Å². The molecule has 0 saturated heterocycles. The van der Waals surface area contributed by atoms with Gasteiger partial charge in [-0.2, -0.15) is 4.98 Å². The fourth-order valence-electron chi connectivity index (χ4n) is 2.73. The highest BCUT2D eigenvalue weighted by atomic mass is 35.5. The molecule has 138 valence electrons. The van der Waals surface area contributed by atoms with E-state index in [4.69, 9.17) is 27.9 Å². The van der Waals surface area contributed by atoms with E-state index < -0.39 is 6.23 Å². The predicted octanol–water partition coefficient (Wildman–Crippen LogP) is 5.85. The molecule has 27 heavy (non-hydrogen) atoms. The fraction of sp³-hybridized carbons (Fsp3) is 0.211. The molecule has 1 N–H and O–H groups in total. The van der Waals surface area contributed by atoms with Gasteiger partial charge in [0.25, 0.3) is 0 Å². The number of hydrogen-bond acceptors (Lipinski definition) is 6. The number of aromatic nitrogens is 3. The lowest BCUT2D eigenvalue weighted by Gasteiger charge is -2.19. The number of rotatable bonds is 4. The lowest BCUT2D eigenvalue weighted by Crippen LogP contribution is -2.17. The number of nitrogens with zero attached hydrogens (tertiary/aromatic N) is 3. The summed E-state index contributed by atoms with van der Waals surface area (Å²) < 4.78 is 6.20. The van der Waals surface area contributed by atoms with Crippen molar-refractivity contribution in [2.75, 3.05) is 11.1 Å². The normalized spacial score (nSPS) is 15.1. The van der Waals surface area contributed by atoms with E-state index in [9.17, 15) is 0 Å². The molecular weight excluding hydrogens is 403 g/mol. The van der Waals surface area contributed by atoms with Gasteiger partial charge in [0.05, 0.1) is 10.0 Å². The van der Waals surface area contributed by atoms with Crippen molar-refractivity contribution in [3.63, 3.8) is 0 Å². The molecule has 3 aromatic rings.